The topological polar surface area (TPSA) is 29.1 Å². The molecule has 21 heavy (non-hydrogen) atoms. The number of hydrogen-bond acceptors (Lipinski definition) is 1. The molecule has 0 radical (unpaired) electrons. The van der Waals surface area contributed by atoms with Crippen LogP contribution in [0.5, 0.6) is 0 Å². The van der Waals surface area contributed by atoms with Crippen LogP contribution in [-0.4, -0.2) is 8.96 Å². The molecule has 0 heterocycles. The zero-order valence-electron chi connectivity index (χ0n) is 12.5. The van der Waals surface area contributed by atoms with Crippen LogP contribution < -0.4 is 4.72 Å². The summed E-state index contributed by atoms with van der Waals surface area (Å²) in [6, 6.07) is 18.1. The highest BCUT2D eigenvalue weighted by atomic mass is 79.9. The molecule has 0 bridgehead atoms. The van der Waals surface area contributed by atoms with E-state index in [1.165, 1.54) is 0 Å². The molecule has 0 aliphatic carbocycles. The standard InChI is InChI=1S/C17H20BrNOS/c1-17(2,3)21(20)19-16(13-7-5-4-6-8-13)14-9-11-15(18)12-10-14/h4-12,16,19H,1-3H3/t16-,21?/m1/s1. The van der Waals surface area contributed by atoms with E-state index in [4.69, 9.17) is 0 Å². The molecule has 1 N–H and O–H groups in total. The van der Waals surface area contributed by atoms with Gasteiger partial charge in [0, 0.05) is 4.47 Å². The van der Waals surface area contributed by atoms with Crippen LogP contribution in [0.1, 0.15) is 37.9 Å². The average Bonchev–Trinajstić information content (AvgIpc) is 2.45. The van der Waals surface area contributed by atoms with Gasteiger partial charge in [0.25, 0.3) is 0 Å². The number of benzene rings is 2. The van der Waals surface area contributed by atoms with Crippen molar-refractivity contribution >= 4 is 26.9 Å². The molecular weight excluding hydrogens is 346 g/mol. The molecule has 0 aliphatic rings. The van der Waals surface area contributed by atoms with E-state index in [-0.39, 0.29) is 10.8 Å². The van der Waals surface area contributed by atoms with Gasteiger partial charge >= 0.3 is 0 Å². The van der Waals surface area contributed by atoms with Gasteiger partial charge in [-0.05, 0) is 44.0 Å². The molecule has 1 unspecified atom stereocenters. The molecule has 2 aromatic carbocycles. The Morgan fingerprint density at radius 3 is 2.00 bits per heavy atom. The third-order valence-electron chi connectivity index (χ3n) is 3.12. The fourth-order valence-electron chi connectivity index (χ4n) is 1.91. The summed E-state index contributed by atoms with van der Waals surface area (Å²) in [5, 5.41) is 0. The smallest absolute Gasteiger partial charge is 0.0979 e. The van der Waals surface area contributed by atoms with Gasteiger partial charge in [0.15, 0.2) is 0 Å². The Labute approximate surface area is 137 Å². The Morgan fingerprint density at radius 2 is 1.48 bits per heavy atom. The second kappa shape index (κ2) is 6.86. The van der Waals surface area contributed by atoms with Crippen molar-refractivity contribution in [2.45, 2.75) is 31.6 Å². The van der Waals surface area contributed by atoms with Gasteiger partial charge in [-0.2, -0.15) is 0 Å². The molecule has 0 saturated heterocycles. The lowest BCUT2D eigenvalue weighted by atomic mass is 10.00. The van der Waals surface area contributed by atoms with Crippen molar-refractivity contribution < 1.29 is 4.21 Å². The van der Waals surface area contributed by atoms with Gasteiger partial charge in [0.1, 0.15) is 0 Å². The highest BCUT2D eigenvalue weighted by molar-refractivity contribution is 9.10. The third-order valence-corrected chi connectivity index (χ3v) is 5.21. The quantitative estimate of drug-likeness (QED) is 0.843. The first-order valence-electron chi connectivity index (χ1n) is 6.86. The Hall–Kier alpha value is -0.970. The second-order valence-corrected chi connectivity index (χ2v) is 8.81. The minimum absolute atomic E-state index is 0.0839. The van der Waals surface area contributed by atoms with Crippen LogP contribution in [0.25, 0.3) is 0 Å². The molecular formula is C17H20BrNOS. The Bertz CT molecular complexity index is 605. The second-order valence-electron chi connectivity index (χ2n) is 5.89. The van der Waals surface area contributed by atoms with Gasteiger partial charge in [0.05, 0.1) is 21.8 Å². The van der Waals surface area contributed by atoms with Crippen molar-refractivity contribution in [2.24, 2.45) is 0 Å². The van der Waals surface area contributed by atoms with Crippen molar-refractivity contribution in [3.05, 3.63) is 70.2 Å². The van der Waals surface area contributed by atoms with Crippen LogP contribution in [0, 0.1) is 0 Å². The molecule has 112 valence electrons. The lowest BCUT2D eigenvalue weighted by Gasteiger charge is -2.25. The van der Waals surface area contributed by atoms with Crippen LogP contribution in [0.2, 0.25) is 0 Å². The normalized spacial score (nSPS) is 14.7. The minimum Gasteiger partial charge on any atom is -0.242 e. The van der Waals surface area contributed by atoms with E-state index in [0.717, 1.165) is 15.6 Å². The van der Waals surface area contributed by atoms with Crippen LogP contribution in [-0.2, 0) is 11.0 Å². The van der Waals surface area contributed by atoms with Crippen LogP contribution in [0.4, 0.5) is 0 Å². The SMILES string of the molecule is CC(C)(C)S(=O)N[C@H](c1ccccc1)c1ccc(Br)cc1. The van der Waals surface area contributed by atoms with Crippen molar-refractivity contribution in [1.29, 1.82) is 0 Å². The molecule has 0 saturated carbocycles. The maximum Gasteiger partial charge on any atom is 0.0979 e. The molecule has 0 fully saturated rings. The minimum atomic E-state index is -1.14. The van der Waals surface area contributed by atoms with Gasteiger partial charge in [-0.3, -0.25) is 0 Å². The summed E-state index contributed by atoms with van der Waals surface area (Å²) in [6.07, 6.45) is 0. The van der Waals surface area contributed by atoms with E-state index >= 15 is 0 Å². The van der Waals surface area contributed by atoms with Gasteiger partial charge in [-0.1, -0.05) is 58.4 Å². The fourth-order valence-corrected chi connectivity index (χ4v) is 3.02. The Morgan fingerprint density at radius 1 is 0.952 bits per heavy atom. The maximum absolute atomic E-state index is 12.5. The van der Waals surface area contributed by atoms with Crippen molar-refractivity contribution in [3.8, 4) is 0 Å². The predicted molar refractivity (Wildman–Crippen MR) is 93.5 cm³/mol. The summed E-state index contributed by atoms with van der Waals surface area (Å²) < 4.78 is 16.5. The first kappa shape index (κ1) is 16.4. The van der Waals surface area contributed by atoms with E-state index in [1.807, 2.05) is 51.1 Å². The summed E-state index contributed by atoms with van der Waals surface area (Å²) in [5.74, 6) is 0. The summed E-state index contributed by atoms with van der Waals surface area (Å²) >= 11 is 3.45. The molecule has 2 rings (SSSR count). The van der Waals surface area contributed by atoms with Crippen LogP contribution >= 0.6 is 15.9 Å². The first-order valence-corrected chi connectivity index (χ1v) is 8.80. The fraction of sp³-hybridized carbons (Fsp3) is 0.294. The average molecular weight is 366 g/mol. The number of nitrogens with one attached hydrogen (secondary N) is 1. The molecule has 2 nitrogen and oxygen atoms in total. The van der Waals surface area contributed by atoms with Gasteiger partial charge in [0.2, 0.25) is 0 Å². The van der Waals surface area contributed by atoms with Crippen LogP contribution in [0.3, 0.4) is 0 Å². The summed E-state index contributed by atoms with van der Waals surface area (Å²) in [4.78, 5) is 0. The largest absolute Gasteiger partial charge is 0.242 e. The van der Waals surface area contributed by atoms with Crippen molar-refractivity contribution in [1.82, 2.24) is 4.72 Å². The van der Waals surface area contributed by atoms with E-state index in [9.17, 15) is 4.21 Å². The summed E-state index contributed by atoms with van der Waals surface area (Å²) in [6.45, 7) is 5.92. The first-order chi connectivity index (χ1) is 9.88. The Balaban J connectivity index is 2.36. The van der Waals surface area contributed by atoms with Gasteiger partial charge in [-0.25, -0.2) is 8.93 Å². The van der Waals surface area contributed by atoms with Crippen LogP contribution in [0.15, 0.2) is 59.1 Å². The van der Waals surface area contributed by atoms with E-state index < -0.39 is 11.0 Å². The predicted octanol–water partition coefficient (Wildman–Crippen LogP) is 4.59. The van der Waals surface area contributed by atoms with Crippen molar-refractivity contribution in [2.75, 3.05) is 0 Å². The number of rotatable bonds is 4. The maximum atomic E-state index is 12.5. The zero-order valence-corrected chi connectivity index (χ0v) is 14.9. The van der Waals surface area contributed by atoms with E-state index in [2.05, 4.69) is 44.9 Å². The highest BCUT2D eigenvalue weighted by Crippen LogP contribution is 2.25. The number of hydrogen-bond donors (Lipinski definition) is 1. The van der Waals surface area contributed by atoms with E-state index in [1.54, 1.807) is 0 Å². The summed E-state index contributed by atoms with van der Waals surface area (Å²) in [5.41, 5.74) is 2.21. The zero-order chi connectivity index (χ0) is 15.5. The van der Waals surface area contributed by atoms with Gasteiger partial charge < -0.3 is 0 Å². The molecule has 0 spiro atoms. The molecule has 2 aromatic rings. The molecule has 0 aromatic heterocycles. The lowest BCUT2D eigenvalue weighted by Crippen LogP contribution is -2.36. The third kappa shape index (κ3) is 4.50. The lowest BCUT2D eigenvalue weighted by molar-refractivity contribution is 0.623. The highest BCUT2D eigenvalue weighted by Gasteiger charge is 2.24. The van der Waals surface area contributed by atoms with E-state index in [0.29, 0.717) is 0 Å². The van der Waals surface area contributed by atoms with Crippen molar-refractivity contribution in [3.63, 3.8) is 0 Å². The molecule has 0 aliphatic heterocycles. The Kier molecular flexibility index (Phi) is 5.36. The number of halogens is 1. The summed E-state index contributed by atoms with van der Waals surface area (Å²) in [7, 11) is -1.14. The molecule has 0 amide bonds. The monoisotopic (exact) mass is 365 g/mol. The molecule has 4 heteroatoms. The molecule has 2 atom stereocenters. The van der Waals surface area contributed by atoms with Gasteiger partial charge in [-0.15, -0.1) is 0 Å².